The summed E-state index contributed by atoms with van der Waals surface area (Å²) in [6.07, 6.45) is 1.01. The van der Waals surface area contributed by atoms with E-state index in [0.717, 1.165) is 17.9 Å². The minimum Gasteiger partial charge on any atom is -0.494 e. The van der Waals surface area contributed by atoms with Gasteiger partial charge in [0.2, 0.25) is 5.91 Å². The van der Waals surface area contributed by atoms with E-state index in [2.05, 4.69) is 12.2 Å². The zero-order chi connectivity index (χ0) is 13.4. The van der Waals surface area contributed by atoms with Gasteiger partial charge in [-0.25, -0.2) is 0 Å². The van der Waals surface area contributed by atoms with Crippen molar-refractivity contribution in [2.75, 3.05) is 18.5 Å². The Morgan fingerprint density at radius 2 is 2.17 bits per heavy atom. The largest absolute Gasteiger partial charge is 0.494 e. The minimum absolute atomic E-state index is 0.0509. The zero-order valence-electron chi connectivity index (χ0n) is 11.2. The lowest BCUT2D eigenvalue weighted by molar-refractivity contribution is -0.121. The summed E-state index contributed by atoms with van der Waals surface area (Å²) in [5.41, 5.74) is 0.723. The second kappa shape index (κ2) is 7.71. The fourth-order valence-electron chi connectivity index (χ4n) is 1.32. The summed E-state index contributed by atoms with van der Waals surface area (Å²) in [6, 6.07) is 7.36. The second-order valence-electron chi connectivity index (χ2n) is 4.28. The summed E-state index contributed by atoms with van der Waals surface area (Å²) in [5.74, 6) is 0.607. The minimum atomic E-state index is -0.156. The fourth-order valence-corrected chi connectivity index (χ4v) is 1.32. The molecule has 0 aliphatic rings. The van der Waals surface area contributed by atoms with E-state index in [1.165, 1.54) is 0 Å². The number of benzene rings is 1. The molecular weight excluding hydrogens is 230 g/mol. The highest BCUT2D eigenvalue weighted by Crippen LogP contribution is 2.17. The molecule has 0 atom stereocenters. The molecule has 0 aliphatic carbocycles. The maximum Gasteiger partial charge on any atom is 0.250 e. The first-order chi connectivity index (χ1) is 8.61. The molecule has 0 spiro atoms. The van der Waals surface area contributed by atoms with E-state index in [9.17, 15) is 4.79 Å². The molecule has 4 nitrogen and oxygen atoms in total. The summed E-state index contributed by atoms with van der Waals surface area (Å²) < 4.78 is 10.7. The van der Waals surface area contributed by atoms with Gasteiger partial charge in [0.25, 0.3) is 0 Å². The van der Waals surface area contributed by atoms with E-state index in [-0.39, 0.29) is 18.6 Å². The van der Waals surface area contributed by atoms with Crippen molar-refractivity contribution < 1.29 is 14.3 Å². The van der Waals surface area contributed by atoms with E-state index >= 15 is 0 Å². The molecule has 4 heteroatoms. The summed E-state index contributed by atoms with van der Waals surface area (Å²) in [6.45, 7) is 6.58. The third-order valence-corrected chi connectivity index (χ3v) is 2.14. The predicted octanol–water partition coefficient (Wildman–Crippen LogP) is 2.84. The van der Waals surface area contributed by atoms with Crippen LogP contribution in [0.1, 0.15) is 27.2 Å². The van der Waals surface area contributed by atoms with Crippen LogP contribution in [0.3, 0.4) is 0 Å². The molecule has 0 heterocycles. The first-order valence-corrected chi connectivity index (χ1v) is 6.26. The Morgan fingerprint density at radius 3 is 2.83 bits per heavy atom. The smallest absolute Gasteiger partial charge is 0.250 e. The molecule has 0 aliphatic heterocycles. The highest BCUT2D eigenvalue weighted by atomic mass is 16.5. The maximum absolute atomic E-state index is 11.6. The van der Waals surface area contributed by atoms with Crippen molar-refractivity contribution in [1.82, 2.24) is 0 Å². The molecular formula is C14H21NO3. The van der Waals surface area contributed by atoms with Crippen molar-refractivity contribution in [1.29, 1.82) is 0 Å². The van der Waals surface area contributed by atoms with E-state index in [1.807, 2.05) is 38.1 Å². The number of anilines is 1. The molecule has 1 amide bonds. The molecule has 0 bridgehead atoms. The van der Waals surface area contributed by atoms with Crippen LogP contribution in [-0.4, -0.2) is 25.2 Å². The molecule has 0 aromatic heterocycles. The van der Waals surface area contributed by atoms with Crippen LogP contribution in [0.4, 0.5) is 5.69 Å². The van der Waals surface area contributed by atoms with Crippen molar-refractivity contribution in [3.8, 4) is 5.75 Å². The summed E-state index contributed by atoms with van der Waals surface area (Å²) in [4.78, 5) is 11.6. The first-order valence-electron chi connectivity index (χ1n) is 6.26. The molecule has 0 fully saturated rings. The Labute approximate surface area is 108 Å². The topological polar surface area (TPSA) is 47.6 Å². The van der Waals surface area contributed by atoms with Crippen LogP contribution in [0, 0.1) is 0 Å². The van der Waals surface area contributed by atoms with Crippen LogP contribution >= 0.6 is 0 Å². The Bertz CT molecular complexity index is 377. The standard InChI is InChI=1S/C14H21NO3/c1-4-8-17-13-7-5-6-12(9-13)15-14(16)10-18-11(2)3/h5-7,9,11H,4,8,10H2,1-3H3,(H,15,16). The van der Waals surface area contributed by atoms with Gasteiger partial charge in [0.15, 0.2) is 0 Å². The zero-order valence-corrected chi connectivity index (χ0v) is 11.2. The molecule has 1 rings (SSSR count). The number of carbonyl (C=O) groups is 1. The molecule has 0 unspecified atom stereocenters. The van der Waals surface area contributed by atoms with Crippen LogP contribution in [0.25, 0.3) is 0 Å². The van der Waals surface area contributed by atoms with Gasteiger partial charge < -0.3 is 14.8 Å². The Hall–Kier alpha value is -1.55. The van der Waals surface area contributed by atoms with Crippen molar-refractivity contribution in [2.24, 2.45) is 0 Å². The first kappa shape index (κ1) is 14.5. The molecule has 1 N–H and O–H groups in total. The third-order valence-electron chi connectivity index (χ3n) is 2.14. The van der Waals surface area contributed by atoms with Gasteiger partial charge in [-0.2, -0.15) is 0 Å². The van der Waals surface area contributed by atoms with Gasteiger partial charge in [-0.1, -0.05) is 13.0 Å². The number of amides is 1. The van der Waals surface area contributed by atoms with Gasteiger partial charge in [-0.05, 0) is 32.4 Å². The number of nitrogens with one attached hydrogen (secondary N) is 1. The molecule has 0 radical (unpaired) electrons. The monoisotopic (exact) mass is 251 g/mol. The molecule has 100 valence electrons. The summed E-state index contributed by atoms with van der Waals surface area (Å²) in [5, 5.41) is 2.77. The number of ether oxygens (including phenoxy) is 2. The molecule has 0 saturated heterocycles. The Kier molecular flexibility index (Phi) is 6.22. The van der Waals surface area contributed by atoms with Crippen molar-refractivity contribution in [3.05, 3.63) is 24.3 Å². The molecule has 0 saturated carbocycles. The van der Waals surface area contributed by atoms with Crippen LogP contribution in [0.5, 0.6) is 5.75 Å². The number of hydrogen-bond donors (Lipinski definition) is 1. The number of rotatable bonds is 7. The SMILES string of the molecule is CCCOc1cccc(NC(=O)COC(C)C)c1. The van der Waals surface area contributed by atoms with Crippen molar-refractivity contribution in [2.45, 2.75) is 33.3 Å². The van der Waals surface area contributed by atoms with Crippen LogP contribution in [0.2, 0.25) is 0 Å². The average Bonchev–Trinajstić information content (AvgIpc) is 2.34. The van der Waals surface area contributed by atoms with Gasteiger partial charge >= 0.3 is 0 Å². The van der Waals surface area contributed by atoms with Crippen molar-refractivity contribution in [3.63, 3.8) is 0 Å². The maximum atomic E-state index is 11.6. The highest BCUT2D eigenvalue weighted by Gasteiger charge is 2.04. The third kappa shape index (κ3) is 5.68. The van der Waals surface area contributed by atoms with Gasteiger partial charge in [-0.15, -0.1) is 0 Å². The predicted molar refractivity (Wildman–Crippen MR) is 71.9 cm³/mol. The Morgan fingerprint density at radius 1 is 1.39 bits per heavy atom. The van der Waals surface area contributed by atoms with E-state index < -0.39 is 0 Å². The molecule has 18 heavy (non-hydrogen) atoms. The lowest BCUT2D eigenvalue weighted by Gasteiger charge is -2.10. The van der Waals surface area contributed by atoms with Gasteiger partial charge in [0, 0.05) is 11.8 Å². The quantitative estimate of drug-likeness (QED) is 0.810. The lowest BCUT2D eigenvalue weighted by Crippen LogP contribution is -2.20. The van der Waals surface area contributed by atoms with Gasteiger partial charge in [0.1, 0.15) is 12.4 Å². The van der Waals surface area contributed by atoms with E-state index in [1.54, 1.807) is 0 Å². The number of hydrogen-bond acceptors (Lipinski definition) is 3. The average molecular weight is 251 g/mol. The molecule has 1 aromatic rings. The summed E-state index contributed by atoms with van der Waals surface area (Å²) >= 11 is 0. The van der Waals surface area contributed by atoms with Crippen LogP contribution in [0.15, 0.2) is 24.3 Å². The lowest BCUT2D eigenvalue weighted by atomic mass is 10.3. The fraction of sp³-hybridized carbons (Fsp3) is 0.500. The van der Waals surface area contributed by atoms with Crippen LogP contribution < -0.4 is 10.1 Å². The normalized spacial score (nSPS) is 10.4. The summed E-state index contributed by atoms with van der Waals surface area (Å²) in [7, 11) is 0. The molecule has 1 aromatic carbocycles. The van der Waals surface area contributed by atoms with Crippen LogP contribution in [-0.2, 0) is 9.53 Å². The van der Waals surface area contributed by atoms with E-state index in [4.69, 9.17) is 9.47 Å². The van der Waals surface area contributed by atoms with E-state index in [0.29, 0.717) is 6.61 Å². The Balaban J connectivity index is 2.48. The highest BCUT2D eigenvalue weighted by molar-refractivity contribution is 5.91. The number of carbonyl (C=O) groups excluding carboxylic acids is 1. The van der Waals surface area contributed by atoms with Gasteiger partial charge in [-0.3, -0.25) is 4.79 Å². The van der Waals surface area contributed by atoms with Gasteiger partial charge in [0.05, 0.1) is 12.7 Å². The second-order valence-corrected chi connectivity index (χ2v) is 4.28. The van der Waals surface area contributed by atoms with Crippen molar-refractivity contribution >= 4 is 11.6 Å².